The van der Waals surface area contributed by atoms with Crippen LogP contribution in [-0.2, 0) is 17.6 Å². The monoisotopic (exact) mass is 477 g/mol. The highest BCUT2D eigenvalue weighted by molar-refractivity contribution is 6.17. The number of ether oxygens (including phenoxy) is 3. The molecule has 0 amide bonds. The molecule has 2 heterocycles. The van der Waals surface area contributed by atoms with Gasteiger partial charge in [0.2, 0.25) is 0 Å². The van der Waals surface area contributed by atoms with Crippen molar-refractivity contribution in [3.8, 4) is 11.5 Å². The minimum Gasteiger partial charge on any atom is -0.490 e. The van der Waals surface area contributed by atoms with Crippen LogP contribution in [0.4, 0.5) is 5.69 Å². The maximum Gasteiger partial charge on any atom is 0.340 e. The molecule has 0 aromatic heterocycles. The van der Waals surface area contributed by atoms with Crippen LogP contribution in [-0.4, -0.2) is 61.9 Å². The molecule has 2 aromatic rings. The standard InChI is InChI=1S/C28H35N3O4/c1-9-34-22-13-18-14-27(2,3)30-24(23(18)20-15-28(4,5)35-25(20)22)17-10-11-19(26(32)33-8)21(12-17)29-16-31(6)7/h10-13,16H,9,14-15H2,1-8H3. The van der Waals surface area contributed by atoms with E-state index in [2.05, 4.69) is 38.8 Å². The van der Waals surface area contributed by atoms with Crippen molar-refractivity contribution in [1.29, 1.82) is 0 Å². The first-order chi connectivity index (χ1) is 16.4. The summed E-state index contributed by atoms with van der Waals surface area (Å²) in [6.45, 7) is 11.0. The van der Waals surface area contributed by atoms with Gasteiger partial charge in [0.1, 0.15) is 5.60 Å². The van der Waals surface area contributed by atoms with Gasteiger partial charge in [-0.1, -0.05) is 6.07 Å². The molecule has 0 aliphatic carbocycles. The van der Waals surface area contributed by atoms with Gasteiger partial charge in [0, 0.05) is 37.2 Å². The van der Waals surface area contributed by atoms with Gasteiger partial charge in [-0.3, -0.25) is 4.99 Å². The molecule has 0 N–H and O–H groups in total. The maximum atomic E-state index is 12.4. The number of carbonyl (C=O) groups excluding carboxylic acids is 1. The molecule has 0 bridgehead atoms. The Morgan fingerprint density at radius 2 is 1.94 bits per heavy atom. The zero-order valence-electron chi connectivity index (χ0n) is 22.0. The quantitative estimate of drug-likeness (QED) is 0.333. The Hall–Kier alpha value is -3.35. The Kier molecular flexibility index (Phi) is 6.38. The predicted octanol–water partition coefficient (Wildman–Crippen LogP) is 4.98. The van der Waals surface area contributed by atoms with Gasteiger partial charge in [-0.2, -0.15) is 0 Å². The fourth-order valence-corrected chi connectivity index (χ4v) is 4.79. The summed E-state index contributed by atoms with van der Waals surface area (Å²) in [5.74, 6) is 1.17. The van der Waals surface area contributed by atoms with Crippen LogP contribution in [0.5, 0.6) is 11.5 Å². The molecule has 7 heteroatoms. The fourth-order valence-electron chi connectivity index (χ4n) is 4.79. The van der Waals surface area contributed by atoms with Crippen molar-refractivity contribution in [2.24, 2.45) is 9.98 Å². The second kappa shape index (κ2) is 9.02. The number of methoxy groups -OCH3 is 1. The van der Waals surface area contributed by atoms with Gasteiger partial charge in [-0.25, -0.2) is 9.79 Å². The molecule has 186 valence electrons. The highest BCUT2D eigenvalue weighted by atomic mass is 16.5. The summed E-state index contributed by atoms with van der Waals surface area (Å²) in [5.41, 5.74) is 5.51. The van der Waals surface area contributed by atoms with E-state index in [4.69, 9.17) is 19.2 Å². The van der Waals surface area contributed by atoms with Crippen molar-refractivity contribution in [2.45, 2.75) is 58.6 Å². The third-order valence-electron chi connectivity index (χ3n) is 6.09. The van der Waals surface area contributed by atoms with Crippen LogP contribution in [0.2, 0.25) is 0 Å². The number of hydrogen-bond acceptors (Lipinski definition) is 6. The lowest BCUT2D eigenvalue weighted by Gasteiger charge is -2.31. The lowest BCUT2D eigenvalue weighted by atomic mass is 9.80. The fraction of sp³-hybridized carbons (Fsp3) is 0.464. The first kappa shape index (κ1) is 24.8. The molecule has 0 saturated heterocycles. The maximum absolute atomic E-state index is 12.4. The van der Waals surface area contributed by atoms with Crippen LogP contribution in [0.1, 0.15) is 67.2 Å². The lowest BCUT2D eigenvalue weighted by Crippen LogP contribution is -2.30. The molecule has 0 radical (unpaired) electrons. The smallest absolute Gasteiger partial charge is 0.340 e. The van der Waals surface area contributed by atoms with Crippen molar-refractivity contribution in [3.05, 3.63) is 52.1 Å². The molecule has 35 heavy (non-hydrogen) atoms. The summed E-state index contributed by atoms with van der Waals surface area (Å²) in [6.07, 6.45) is 3.23. The van der Waals surface area contributed by atoms with Crippen molar-refractivity contribution < 1.29 is 19.0 Å². The number of benzene rings is 2. The summed E-state index contributed by atoms with van der Waals surface area (Å²) in [6, 6.07) is 7.72. The van der Waals surface area contributed by atoms with E-state index in [1.54, 1.807) is 12.4 Å². The van der Waals surface area contributed by atoms with Crippen LogP contribution in [0.15, 0.2) is 34.3 Å². The van der Waals surface area contributed by atoms with E-state index >= 15 is 0 Å². The first-order valence-electron chi connectivity index (χ1n) is 12.0. The SMILES string of the molecule is CCOc1cc2c(c3c1OC(C)(C)C3)C(c1ccc(C(=O)OC)c(N=CN(C)C)c1)=NC(C)(C)C2. The normalized spacial score (nSPS) is 17.3. The molecule has 4 rings (SSSR count). The van der Waals surface area contributed by atoms with Crippen molar-refractivity contribution in [3.63, 3.8) is 0 Å². The van der Waals surface area contributed by atoms with Crippen LogP contribution >= 0.6 is 0 Å². The second-order valence-electron chi connectivity index (χ2n) is 10.6. The summed E-state index contributed by atoms with van der Waals surface area (Å²) < 4.78 is 17.4. The predicted molar refractivity (Wildman–Crippen MR) is 139 cm³/mol. The number of nitrogens with zero attached hydrogens (tertiary/aromatic N) is 3. The summed E-state index contributed by atoms with van der Waals surface area (Å²) in [5, 5.41) is 0. The minimum absolute atomic E-state index is 0.302. The van der Waals surface area contributed by atoms with E-state index in [0.29, 0.717) is 17.9 Å². The molecule has 0 spiro atoms. The molecule has 0 fully saturated rings. The number of aliphatic imine (C=N–C) groups is 2. The van der Waals surface area contributed by atoms with E-state index < -0.39 is 5.97 Å². The Labute approximate surface area is 207 Å². The van der Waals surface area contributed by atoms with Crippen molar-refractivity contribution >= 4 is 23.7 Å². The Morgan fingerprint density at radius 1 is 1.20 bits per heavy atom. The minimum atomic E-state index is -0.425. The molecule has 7 nitrogen and oxygen atoms in total. The van der Waals surface area contributed by atoms with Crippen molar-refractivity contribution in [2.75, 3.05) is 27.8 Å². The van der Waals surface area contributed by atoms with Gasteiger partial charge in [-0.05, 0) is 64.8 Å². The Balaban J connectivity index is 1.94. The van der Waals surface area contributed by atoms with Crippen LogP contribution < -0.4 is 9.47 Å². The number of rotatable bonds is 6. The summed E-state index contributed by atoms with van der Waals surface area (Å²) in [4.78, 5) is 24.0. The summed E-state index contributed by atoms with van der Waals surface area (Å²) in [7, 11) is 5.15. The zero-order valence-corrected chi connectivity index (χ0v) is 22.0. The third kappa shape index (κ3) is 4.90. The van der Waals surface area contributed by atoms with E-state index in [9.17, 15) is 4.79 Å². The van der Waals surface area contributed by atoms with Crippen LogP contribution in [0.3, 0.4) is 0 Å². The molecular formula is C28H35N3O4. The number of carbonyl (C=O) groups is 1. The van der Waals surface area contributed by atoms with Gasteiger partial charge in [0.25, 0.3) is 0 Å². The largest absolute Gasteiger partial charge is 0.490 e. The molecule has 0 unspecified atom stereocenters. The average Bonchev–Trinajstić information content (AvgIpc) is 3.11. The topological polar surface area (TPSA) is 72.7 Å². The number of hydrogen-bond donors (Lipinski definition) is 0. The van der Waals surface area contributed by atoms with Gasteiger partial charge in [0.15, 0.2) is 11.5 Å². The molecule has 0 atom stereocenters. The molecule has 2 aliphatic rings. The van der Waals surface area contributed by atoms with Gasteiger partial charge >= 0.3 is 5.97 Å². The van der Waals surface area contributed by atoms with Crippen molar-refractivity contribution in [1.82, 2.24) is 4.90 Å². The van der Waals surface area contributed by atoms with Crippen LogP contribution in [0, 0.1) is 0 Å². The Morgan fingerprint density at radius 3 is 2.60 bits per heavy atom. The van der Waals surface area contributed by atoms with Crippen LogP contribution in [0.25, 0.3) is 0 Å². The Bertz CT molecular complexity index is 1230. The van der Waals surface area contributed by atoms with E-state index in [1.165, 1.54) is 12.7 Å². The lowest BCUT2D eigenvalue weighted by molar-refractivity contribution is 0.0601. The van der Waals surface area contributed by atoms with Gasteiger partial charge in [0.05, 0.1) is 42.6 Å². The van der Waals surface area contributed by atoms with Gasteiger partial charge in [-0.15, -0.1) is 0 Å². The molecule has 0 saturated carbocycles. The highest BCUT2D eigenvalue weighted by Crippen LogP contribution is 2.48. The van der Waals surface area contributed by atoms with E-state index in [0.717, 1.165) is 46.7 Å². The van der Waals surface area contributed by atoms with E-state index in [1.807, 2.05) is 38.1 Å². The average molecular weight is 478 g/mol. The molecule has 2 aliphatic heterocycles. The van der Waals surface area contributed by atoms with E-state index in [-0.39, 0.29) is 11.1 Å². The third-order valence-corrected chi connectivity index (χ3v) is 6.09. The molecule has 2 aromatic carbocycles. The number of esters is 1. The number of fused-ring (bicyclic) bond motifs is 3. The molecular weight excluding hydrogens is 442 g/mol. The summed E-state index contributed by atoms with van der Waals surface area (Å²) >= 11 is 0. The highest BCUT2D eigenvalue weighted by Gasteiger charge is 2.40. The first-order valence-corrected chi connectivity index (χ1v) is 12.0. The van der Waals surface area contributed by atoms with Gasteiger partial charge < -0.3 is 19.1 Å². The zero-order chi connectivity index (χ0) is 25.5. The second-order valence-corrected chi connectivity index (χ2v) is 10.6.